The number of piperazine rings is 1. The number of nitrogens with one attached hydrogen (secondary N) is 1. The Kier molecular flexibility index (Phi) is 10.2. The Morgan fingerprint density at radius 2 is 1.57 bits per heavy atom. The fourth-order valence-electron chi connectivity index (χ4n) is 4.21. The number of amides is 3. The first-order chi connectivity index (χ1) is 19.0. The molecule has 0 unspecified atom stereocenters. The van der Waals surface area contributed by atoms with Crippen molar-refractivity contribution in [2.75, 3.05) is 26.7 Å². The van der Waals surface area contributed by atoms with E-state index in [0.717, 1.165) is 5.56 Å². The Morgan fingerprint density at radius 3 is 2.17 bits per heavy atom. The summed E-state index contributed by atoms with van der Waals surface area (Å²) in [5.41, 5.74) is 0.488. The van der Waals surface area contributed by atoms with Crippen LogP contribution >= 0.6 is 0 Å². The Hall–Kier alpha value is -4.41. The maximum atomic E-state index is 13.9. The monoisotopic (exact) mass is 553 g/mol. The van der Waals surface area contributed by atoms with E-state index in [4.69, 9.17) is 14.2 Å². The molecule has 40 heavy (non-hydrogen) atoms. The molecule has 214 valence electrons. The minimum absolute atomic E-state index is 0.00480. The van der Waals surface area contributed by atoms with Gasteiger partial charge in [-0.3, -0.25) is 19.2 Å². The molecule has 1 aliphatic rings. The minimum Gasteiger partial charge on any atom is -0.469 e. The van der Waals surface area contributed by atoms with Crippen LogP contribution in [0.3, 0.4) is 0 Å². The van der Waals surface area contributed by atoms with Crippen LogP contribution in [0.25, 0.3) is 0 Å². The standard InChI is InChI=1S/C29H35N3O8/c1-29(2,3)40-24(34)18-31-15-16-32(22(26(31)35)17-23(33)38-4)27(36)25(21-13-9-6-10-14-21)30-28(37)39-19-20-11-7-5-8-12-20/h5-14,22,25H,15-19H2,1-4H3,(H,30,37)/t22-,25-/m0/s1. The summed E-state index contributed by atoms with van der Waals surface area (Å²) in [6.07, 6.45) is -1.25. The second kappa shape index (κ2) is 13.6. The third-order valence-corrected chi connectivity index (χ3v) is 6.05. The molecule has 0 aliphatic carbocycles. The van der Waals surface area contributed by atoms with E-state index in [9.17, 15) is 24.0 Å². The van der Waals surface area contributed by atoms with Crippen molar-refractivity contribution in [3.05, 3.63) is 71.8 Å². The van der Waals surface area contributed by atoms with Crippen molar-refractivity contribution < 1.29 is 38.2 Å². The maximum absolute atomic E-state index is 13.9. The summed E-state index contributed by atoms with van der Waals surface area (Å²) in [5.74, 6) is -2.53. The van der Waals surface area contributed by atoms with Crippen LogP contribution in [0.2, 0.25) is 0 Å². The molecule has 11 nitrogen and oxygen atoms in total. The van der Waals surface area contributed by atoms with Crippen LogP contribution in [0.5, 0.6) is 0 Å². The van der Waals surface area contributed by atoms with Gasteiger partial charge in [0.1, 0.15) is 30.8 Å². The summed E-state index contributed by atoms with van der Waals surface area (Å²) in [6, 6.07) is 15.1. The first-order valence-corrected chi connectivity index (χ1v) is 12.9. The average Bonchev–Trinajstić information content (AvgIpc) is 2.92. The lowest BCUT2D eigenvalue weighted by Crippen LogP contribution is -2.61. The zero-order valence-electron chi connectivity index (χ0n) is 23.1. The summed E-state index contributed by atoms with van der Waals surface area (Å²) >= 11 is 0. The number of nitrogens with zero attached hydrogens (tertiary/aromatic N) is 2. The maximum Gasteiger partial charge on any atom is 0.408 e. The zero-order chi connectivity index (χ0) is 29.3. The van der Waals surface area contributed by atoms with E-state index in [2.05, 4.69) is 5.32 Å². The molecule has 0 saturated carbocycles. The third kappa shape index (κ3) is 8.55. The predicted molar refractivity (Wildman–Crippen MR) is 144 cm³/mol. The fourth-order valence-corrected chi connectivity index (χ4v) is 4.21. The second-order valence-corrected chi connectivity index (χ2v) is 10.2. The molecule has 1 aliphatic heterocycles. The highest BCUT2D eigenvalue weighted by Gasteiger charge is 2.42. The van der Waals surface area contributed by atoms with E-state index in [1.54, 1.807) is 63.2 Å². The Morgan fingerprint density at radius 1 is 0.950 bits per heavy atom. The fraction of sp³-hybridized carbons (Fsp3) is 0.414. The van der Waals surface area contributed by atoms with Gasteiger partial charge in [-0.25, -0.2) is 4.79 Å². The Bertz CT molecular complexity index is 1200. The number of hydrogen-bond donors (Lipinski definition) is 1. The summed E-state index contributed by atoms with van der Waals surface area (Å²) in [5, 5.41) is 2.60. The van der Waals surface area contributed by atoms with E-state index in [1.165, 1.54) is 16.9 Å². The van der Waals surface area contributed by atoms with Gasteiger partial charge in [-0.05, 0) is 31.9 Å². The van der Waals surface area contributed by atoms with E-state index in [-0.39, 0.29) is 26.2 Å². The molecule has 2 aromatic rings. The number of carbonyl (C=O) groups is 5. The van der Waals surface area contributed by atoms with Crippen molar-refractivity contribution in [1.82, 2.24) is 15.1 Å². The SMILES string of the molecule is COC(=O)C[C@H]1C(=O)N(CC(=O)OC(C)(C)C)CCN1C(=O)[C@@H](NC(=O)OCc1ccccc1)c1ccccc1. The number of rotatable bonds is 9. The van der Waals surface area contributed by atoms with E-state index in [1.807, 2.05) is 18.2 Å². The minimum atomic E-state index is -1.25. The summed E-state index contributed by atoms with van der Waals surface area (Å²) in [6.45, 7) is 4.85. The number of methoxy groups -OCH3 is 1. The second-order valence-electron chi connectivity index (χ2n) is 10.2. The molecule has 11 heteroatoms. The molecule has 1 heterocycles. The van der Waals surface area contributed by atoms with Gasteiger partial charge in [0.25, 0.3) is 5.91 Å². The molecule has 1 fully saturated rings. The number of esters is 2. The molecule has 2 atom stereocenters. The average molecular weight is 554 g/mol. The van der Waals surface area contributed by atoms with Crippen molar-refractivity contribution in [3.63, 3.8) is 0 Å². The van der Waals surface area contributed by atoms with Crippen LogP contribution in [-0.2, 0) is 40.0 Å². The third-order valence-electron chi connectivity index (χ3n) is 6.05. The van der Waals surface area contributed by atoms with Crippen molar-refractivity contribution >= 4 is 29.8 Å². The number of carbonyl (C=O) groups excluding carboxylic acids is 5. The van der Waals surface area contributed by atoms with Crippen molar-refractivity contribution in [2.24, 2.45) is 0 Å². The number of hydrogen-bond acceptors (Lipinski definition) is 8. The lowest BCUT2D eigenvalue weighted by molar-refractivity contribution is -0.164. The molecule has 0 aromatic heterocycles. The van der Waals surface area contributed by atoms with Crippen LogP contribution in [0.1, 0.15) is 44.4 Å². The Labute approximate surface area is 233 Å². The van der Waals surface area contributed by atoms with Gasteiger partial charge in [0, 0.05) is 13.1 Å². The largest absolute Gasteiger partial charge is 0.469 e. The van der Waals surface area contributed by atoms with Gasteiger partial charge < -0.3 is 29.3 Å². The molecule has 0 radical (unpaired) electrons. The summed E-state index contributed by atoms with van der Waals surface area (Å²) in [4.78, 5) is 67.2. The van der Waals surface area contributed by atoms with Gasteiger partial charge in [0.05, 0.1) is 13.5 Å². The number of ether oxygens (including phenoxy) is 3. The quantitative estimate of drug-likeness (QED) is 0.370. The van der Waals surface area contributed by atoms with Crippen LogP contribution < -0.4 is 5.32 Å². The molecule has 0 spiro atoms. The lowest BCUT2D eigenvalue weighted by Gasteiger charge is -2.41. The number of benzene rings is 2. The zero-order valence-corrected chi connectivity index (χ0v) is 23.1. The van der Waals surface area contributed by atoms with E-state index in [0.29, 0.717) is 5.56 Å². The van der Waals surface area contributed by atoms with E-state index >= 15 is 0 Å². The first kappa shape index (κ1) is 30.1. The highest BCUT2D eigenvalue weighted by Crippen LogP contribution is 2.23. The topological polar surface area (TPSA) is 132 Å². The molecular weight excluding hydrogens is 518 g/mol. The van der Waals surface area contributed by atoms with Crippen LogP contribution in [0, 0.1) is 0 Å². The van der Waals surface area contributed by atoms with Crippen molar-refractivity contribution in [3.8, 4) is 0 Å². The summed E-state index contributed by atoms with van der Waals surface area (Å²) in [7, 11) is 1.18. The molecule has 0 bridgehead atoms. The molecule has 2 aromatic carbocycles. The van der Waals surface area contributed by atoms with Gasteiger partial charge in [-0.1, -0.05) is 60.7 Å². The highest BCUT2D eigenvalue weighted by molar-refractivity contribution is 5.96. The molecule has 3 amide bonds. The number of alkyl carbamates (subject to hydrolysis) is 1. The van der Waals surface area contributed by atoms with Gasteiger partial charge >= 0.3 is 18.0 Å². The predicted octanol–water partition coefficient (Wildman–Crippen LogP) is 2.60. The Balaban J connectivity index is 1.81. The smallest absolute Gasteiger partial charge is 0.408 e. The normalized spacial score (nSPS) is 16.1. The van der Waals surface area contributed by atoms with Crippen LogP contribution in [0.4, 0.5) is 4.79 Å². The van der Waals surface area contributed by atoms with Crippen molar-refractivity contribution in [2.45, 2.75) is 51.5 Å². The molecule has 3 rings (SSSR count). The van der Waals surface area contributed by atoms with Gasteiger partial charge in [0.2, 0.25) is 5.91 Å². The molecular formula is C29H35N3O8. The van der Waals surface area contributed by atoms with Gasteiger partial charge in [-0.2, -0.15) is 0 Å². The summed E-state index contributed by atoms with van der Waals surface area (Å²) < 4.78 is 15.4. The van der Waals surface area contributed by atoms with Gasteiger partial charge in [0.15, 0.2) is 0 Å². The van der Waals surface area contributed by atoms with Gasteiger partial charge in [-0.15, -0.1) is 0 Å². The first-order valence-electron chi connectivity index (χ1n) is 12.9. The highest BCUT2D eigenvalue weighted by atomic mass is 16.6. The lowest BCUT2D eigenvalue weighted by atomic mass is 10.0. The molecule has 1 saturated heterocycles. The van der Waals surface area contributed by atoms with Crippen LogP contribution in [-0.4, -0.2) is 78.0 Å². The van der Waals surface area contributed by atoms with Crippen molar-refractivity contribution in [1.29, 1.82) is 0 Å². The molecule has 1 N–H and O–H groups in total. The van der Waals surface area contributed by atoms with E-state index < -0.39 is 54.0 Å². The van der Waals surface area contributed by atoms with Crippen LogP contribution in [0.15, 0.2) is 60.7 Å².